The van der Waals surface area contributed by atoms with E-state index < -0.39 is 21.9 Å². The molecule has 2 aromatic rings. The summed E-state index contributed by atoms with van der Waals surface area (Å²) < 4.78 is 37.9. The number of rotatable bonds is 10. The summed E-state index contributed by atoms with van der Waals surface area (Å²) in [5.74, 6) is 0.124. The Morgan fingerprint density at radius 1 is 1.03 bits per heavy atom. The third kappa shape index (κ3) is 6.21. The number of carbonyl (C=O) groups is 2. The largest absolute Gasteiger partial charge is 0.494 e. The van der Waals surface area contributed by atoms with E-state index in [0.29, 0.717) is 30.6 Å². The summed E-state index contributed by atoms with van der Waals surface area (Å²) in [7, 11) is -3.81. The number of hydrogen-bond acceptors (Lipinski definition) is 6. The Morgan fingerprint density at radius 2 is 1.70 bits per heavy atom. The summed E-state index contributed by atoms with van der Waals surface area (Å²) in [5.41, 5.74) is 0.634. The quantitative estimate of drug-likeness (QED) is 0.558. The zero-order valence-corrected chi connectivity index (χ0v) is 17.4. The van der Waals surface area contributed by atoms with Gasteiger partial charge in [-0.15, -0.1) is 0 Å². The Kier molecular flexibility index (Phi) is 6.94. The van der Waals surface area contributed by atoms with E-state index in [1.807, 2.05) is 6.92 Å². The smallest absolute Gasteiger partial charge is 0.325 e. The number of anilines is 1. The number of carbonyl (C=O) groups excluding carboxylic acids is 2. The van der Waals surface area contributed by atoms with Crippen molar-refractivity contribution in [2.75, 3.05) is 24.5 Å². The fraction of sp³-hybridized carbons (Fsp3) is 0.333. The number of nitrogens with one attached hydrogen (secondary N) is 2. The SMILES string of the molecule is CCOc1ccc(NS(=O)(=O)c2ccc(C(=O)NCC(=O)OCC3CC3)cc2)cc1. The number of amides is 1. The van der Waals surface area contributed by atoms with E-state index in [9.17, 15) is 18.0 Å². The van der Waals surface area contributed by atoms with Crippen LogP contribution in [0, 0.1) is 5.92 Å². The summed E-state index contributed by atoms with van der Waals surface area (Å²) in [6, 6.07) is 12.0. The van der Waals surface area contributed by atoms with Crippen molar-refractivity contribution in [3.05, 3.63) is 54.1 Å². The van der Waals surface area contributed by atoms with E-state index >= 15 is 0 Å². The molecule has 3 rings (SSSR count). The Hall–Kier alpha value is -3.07. The first-order valence-electron chi connectivity index (χ1n) is 9.67. The van der Waals surface area contributed by atoms with Gasteiger partial charge in [0.25, 0.3) is 15.9 Å². The number of ether oxygens (including phenoxy) is 2. The molecule has 30 heavy (non-hydrogen) atoms. The van der Waals surface area contributed by atoms with Crippen molar-refractivity contribution in [3.8, 4) is 5.75 Å². The summed E-state index contributed by atoms with van der Waals surface area (Å²) >= 11 is 0. The average molecular weight is 432 g/mol. The van der Waals surface area contributed by atoms with Gasteiger partial charge < -0.3 is 14.8 Å². The molecule has 1 amide bonds. The molecule has 2 aromatic carbocycles. The molecule has 0 bridgehead atoms. The average Bonchev–Trinajstić information content (AvgIpc) is 3.56. The maximum atomic E-state index is 12.5. The van der Waals surface area contributed by atoms with Crippen LogP contribution >= 0.6 is 0 Å². The monoisotopic (exact) mass is 432 g/mol. The predicted octanol–water partition coefficient (Wildman–Crippen LogP) is 2.57. The Labute approximate surface area is 175 Å². The molecule has 0 aliphatic heterocycles. The summed E-state index contributed by atoms with van der Waals surface area (Å²) in [4.78, 5) is 23.7. The maximum absolute atomic E-state index is 12.5. The molecule has 1 aliphatic carbocycles. The lowest BCUT2D eigenvalue weighted by atomic mass is 10.2. The first kappa shape index (κ1) is 21.6. The minimum absolute atomic E-state index is 0.0109. The van der Waals surface area contributed by atoms with Crippen LogP contribution in [-0.4, -0.2) is 40.1 Å². The molecule has 0 radical (unpaired) electrons. The third-order valence-corrected chi connectivity index (χ3v) is 5.81. The highest BCUT2D eigenvalue weighted by molar-refractivity contribution is 7.92. The van der Waals surface area contributed by atoms with E-state index in [1.165, 1.54) is 24.3 Å². The molecule has 0 saturated heterocycles. The number of hydrogen-bond donors (Lipinski definition) is 2. The molecule has 160 valence electrons. The zero-order valence-electron chi connectivity index (χ0n) is 16.6. The highest BCUT2D eigenvalue weighted by Gasteiger charge is 2.23. The summed E-state index contributed by atoms with van der Waals surface area (Å²) in [6.45, 7) is 2.54. The molecule has 0 spiro atoms. The minimum atomic E-state index is -3.81. The highest BCUT2D eigenvalue weighted by atomic mass is 32.2. The first-order valence-corrected chi connectivity index (χ1v) is 11.2. The van der Waals surface area contributed by atoms with Crippen LogP contribution in [0.1, 0.15) is 30.1 Å². The van der Waals surface area contributed by atoms with Crippen LogP contribution < -0.4 is 14.8 Å². The van der Waals surface area contributed by atoms with Gasteiger partial charge >= 0.3 is 5.97 Å². The summed E-state index contributed by atoms with van der Waals surface area (Å²) in [6.07, 6.45) is 2.14. The van der Waals surface area contributed by atoms with Crippen LogP contribution in [0.2, 0.25) is 0 Å². The van der Waals surface area contributed by atoms with Gasteiger partial charge in [-0.25, -0.2) is 8.42 Å². The van der Waals surface area contributed by atoms with E-state index in [1.54, 1.807) is 24.3 Å². The third-order valence-electron chi connectivity index (χ3n) is 4.41. The molecular formula is C21H24N2O6S. The van der Waals surface area contributed by atoms with Crippen molar-refractivity contribution in [2.24, 2.45) is 5.92 Å². The molecule has 0 atom stereocenters. The van der Waals surface area contributed by atoms with Crippen molar-refractivity contribution in [1.82, 2.24) is 5.32 Å². The number of sulfonamides is 1. The van der Waals surface area contributed by atoms with Gasteiger partial charge in [0.15, 0.2) is 0 Å². The zero-order chi connectivity index (χ0) is 21.6. The minimum Gasteiger partial charge on any atom is -0.494 e. The molecule has 0 heterocycles. The fourth-order valence-corrected chi connectivity index (χ4v) is 3.64. The lowest BCUT2D eigenvalue weighted by molar-refractivity contribution is -0.142. The van der Waals surface area contributed by atoms with E-state index in [2.05, 4.69) is 10.0 Å². The number of benzene rings is 2. The second kappa shape index (κ2) is 9.62. The van der Waals surface area contributed by atoms with Crippen molar-refractivity contribution < 1.29 is 27.5 Å². The maximum Gasteiger partial charge on any atom is 0.325 e. The van der Waals surface area contributed by atoms with Gasteiger partial charge in [-0.3, -0.25) is 14.3 Å². The van der Waals surface area contributed by atoms with Gasteiger partial charge in [-0.2, -0.15) is 0 Å². The topological polar surface area (TPSA) is 111 Å². The van der Waals surface area contributed by atoms with Crippen LogP contribution in [0.15, 0.2) is 53.4 Å². The lowest BCUT2D eigenvalue weighted by Gasteiger charge is -2.10. The molecule has 1 fully saturated rings. The molecule has 9 heteroatoms. The van der Waals surface area contributed by atoms with Gasteiger partial charge in [-0.05, 0) is 74.2 Å². The molecule has 1 saturated carbocycles. The Balaban J connectivity index is 1.55. The van der Waals surface area contributed by atoms with E-state index in [4.69, 9.17) is 9.47 Å². The Morgan fingerprint density at radius 3 is 2.30 bits per heavy atom. The van der Waals surface area contributed by atoms with Gasteiger partial charge in [-0.1, -0.05) is 0 Å². The van der Waals surface area contributed by atoms with Gasteiger partial charge in [0.1, 0.15) is 12.3 Å². The van der Waals surface area contributed by atoms with Crippen LogP contribution in [0.25, 0.3) is 0 Å². The lowest BCUT2D eigenvalue weighted by Crippen LogP contribution is -2.31. The van der Waals surface area contributed by atoms with Crippen molar-refractivity contribution >= 4 is 27.6 Å². The molecule has 0 aromatic heterocycles. The number of esters is 1. The van der Waals surface area contributed by atoms with Crippen LogP contribution in [0.3, 0.4) is 0 Å². The normalized spacial score (nSPS) is 13.4. The van der Waals surface area contributed by atoms with Crippen LogP contribution in [0.5, 0.6) is 5.75 Å². The van der Waals surface area contributed by atoms with E-state index in [0.717, 1.165) is 12.8 Å². The predicted molar refractivity (Wildman–Crippen MR) is 111 cm³/mol. The highest BCUT2D eigenvalue weighted by Crippen LogP contribution is 2.28. The van der Waals surface area contributed by atoms with Crippen molar-refractivity contribution in [3.63, 3.8) is 0 Å². The molecular weight excluding hydrogens is 408 g/mol. The van der Waals surface area contributed by atoms with Gasteiger partial charge in [0.05, 0.1) is 18.1 Å². The van der Waals surface area contributed by atoms with Crippen molar-refractivity contribution in [1.29, 1.82) is 0 Å². The summed E-state index contributed by atoms with van der Waals surface area (Å²) in [5, 5.41) is 2.47. The molecule has 2 N–H and O–H groups in total. The van der Waals surface area contributed by atoms with Crippen LogP contribution in [0.4, 0.5) is 5.69 Å². The van der Waals surface area contributed by atoms with E-state index in [-0.39, 0.29) is 17.0 Å². The van der Waals surface area contributed by atoms with Gasteiger partial charge in [0.2, 0.25) is 0 Å². The van der Waals surface area contributed by atoms with Crippen molar-refractivity contribution in [2.45, 2.75) is 24.7 Å². The second-order valence-electron chi connectivity index (χ2n) is 6.90. The second-order valence-corrected chi connectivity index (χ2v) is 8.58. The Bertz CT molecular complexity index is 983. The van der Waals surface area contributed by atoms with Crippen LogP contribution in [-0.2, 0) is 19.6 Å². The standard InChI is InChI=1S/C21H24N2O6S/c1-2-28-18-9-7-17(8-10-18)23-30(26,27)19-11-5-16(6-12-19)21(25)22-13-20(24)29-14-15-3-4-15/h5-12,15,23H,2-4,13-14H2,1H3,(H,22,25). The molecule has 0 unspecified atom stereocenters. The first-order chi connectivity index (χ1) is 14.4. The molecule has 1 aliphatic rings. The fourth-order valence-electron chi connectivity index (χ4n) is 2.59. The molecule has 8 nitrogen and oxygen atoms in total. The van der Waals surface area contributed by atoms with Gasteiger partial charge in [0, 0.05) is 11.3 Å².